The van der Waals surface area contributed by atoms with Crippen LogP contribution in [0.3, 0.4) is 0 Å². The molecule has 1 N–H and O–H groups in total. The van der Waals surface area contributed by atoms with Gasteiger partial charge in [0.1, 0.15) is 6.61 Å². The fraction of sp³-hybridized carbons (Fsp3) is 0.111. The average molecular weight is 309 g/mol. The van der Waals surface area contributed by atoms with E-state index in [1.54, 1.807) is 0 Å². The third kappa shape index (κ3) is 3.64. The fourth-order valence-electron chi connectivity index (χ4n) is 2.16. The van der Waals surface area contributed by atoms with Crippen LogP contribution >= 0.6 is 0 Å². The van der Waals surface area contributed by atoms with E-state index in [1.165, 1.54) is 0 Å². The highest BCUT2D eigenvalue weighted by Crippen LogP contribution is 2.22. The third-order valence-corrected chi connectivity index (χ3v) is 3.27. The number of nitrogens with zero attached hydrogens (tertiary/aromatic N) is 1. The molecular formula is C18H15NO4. The zero-order chi connectivity index (χ0) is 16.1. The molecule has 0 radical (unpaired) electrons. The molecule has 5 nitrogen and oxygen atoms in total. The van der Waals surface area contributed by atoms with Gasteiger partial charge in [-0.25, -0.2) is 9.78 Å². The van der Waals surface area contributed by atoms with Gasteiger partial charge in [-0.1, -0.05) is 48.5 Å². The van der Waals surface area contributed by atoms with Crippen molar-refractivity contribution in [1.82, 2.24) is 4.98 Å². The van der Waals surface area contributed by atoms with Gasteiger partial charge >= 0.3 is 5.97 Å². The molecule has 23 heavy (non-hydrogen) atoms. The molecule has 0 fully saturated rings. The maximum atomic E-state index is 11.3. The third-order valence-electron chi connectivity index (χ3n) is 3.27. The normalized spacial score (nSPS) is 10.6. The summed E-state index contributed by atoms with van der Waals surface area (Å²) in [6, 6.07) is 18.8. The molecule has 0 aliphatic heterocycles. The van der Waals surface area contributed by atoms with Crippen LogP contribution in [0.25, 0.3) is 11.5 Å². The molecular weight excluding hydrogens is 294 g/mol. The Morgan fingerprint density at radius 2 is 1.65 bits per heavy atom. The smallest absolute Gasteiger partial charge is 0.358 e. The molecule has 0 saturated carbocycles. The van der Waals surface area contributed by atoms with Crippen molar-refractivity contribution in [2.75, 3.05) is 0 Å². The zero-order valence-electron chi connectivity index (χ0n) is 12.3. The molecule has 1 aromatic heterocycles. The molecule has 116 valence electrons. The van der Waals surface area contributed by atoms with Gasteiger partial charge in [0, 0.05) is 5.56 Å². The number of hydrogen-bond acceptors (Lipinski definition) is 4. The fourth-order valence-corrected chi connectivity index (χ4v) is 2.16. The Hall–Kier alpha value is -2.92. The number of carboxylic acids is 1. The van der Waals surface area contributed by atoms with E-state index in [0.717, 1.165) is 11.1 Å². The molecule has 0 bridgehead atoms. The van der Waals surface area contributed by atoms with Gasteiger partial charge in [-0.15, -0.1) is 0 Å². The lowest BCUT2D eigenvalue weighted by Crippen LogP contribution is -2.03. The zero-order valence-corrected chi connectivity index (χ0v) is 12.3. The van der Waals surface area contributed by atoms with E-state index >= 15 is 0 Å². The second kappa shape index (κ2) is 6.89. The number of rotatable bonds is 6. The van der Waals surface area contributed by atoms with E-state index in [2.05, 4.69) is 4.98 Å². The van der Waals surface area contributed by atoms with Gasteiger partial charge in [0.2, 0.25) is 5.89 Å². The Kier molecular flexibility index (Phi) is 4.49. The van der Waals surface area contributed by atoms with Gasteiger partial charge in [-0.3, -0.25) is 0 Å². The van der Waals surface area contributed by atoms with Gasteiger partial charge in [0.05, 0.1) is 6.61 Å². The highest BCUT2D eigenvalue weighted by atomic mass is 16.5. The minimum absolute atomic E-state index is 0.0519. The van der Waals surface area contributed by atoms with E-state index in [-0.39, 0.29) is 24.0 Å². The highest BCUT2D eigenvalue weighted by molar-refractivity contribution is 5.87. The number of benzene rings is 2. The van der Waals surface area contributed by atoms with Gasteiger partial charge in [-0.05, 0) is 17.7 Å². The van der Waals surface area contributed by atoms with Crippen LogP contribution in [0.15, 0.2) is 65.1 Å². The molecule has 3 rings (SSSR count). The van der Waals surface area contributed by atoms with Crippen LogP contribution in [-0.2, 0) is 18.0 Å². The molecule has 2 aromatic carbocycles. The minimum atomic E-state index is -1.13. The Labute approximate surface area is 133 Å². The SMILES string of the molecule is O=C(O)c1nc(-c2ccccc2)oc1COCc1ccccc1. The van der Waals surface area contributed by atoms with Crippen LogP contribution in [0, 0.1) is 0 Å². The second-order valence-corrected chi connectivity index (χ2v) is 4.94. The van der Waals surface area contributed by atoms with Crippen LogP contribution in [0.1, 0.15) is 21.8 Å². The lowest BCUT2D eigenvalue weighted by Gasteiger charge is -2.02. The first kappa shape index (κ1) is 15.0. The number of hydrogen-bond donors (Lipinski definition) is 1. The molecule has 0 atom stereocenters. The van der Waals surface area contributed by atoms with Crippen LogP contribution in [0.5, 0.6) is 0 Å². The van der Waals surface area contributed by atoms with Gasteiger partial charge in [0.25, 0.3) is 0 Å². The minimum Gasteiger partial charge on any atom is -0.476 e. The van der Waals surface area contributed by atoms with Crippen LogP contribution in [-0.4, -0.2) is 16.1 Å². The maximum Gasteiger partial charge on any atom is 0.358 e. The Morgan fingerprint density at radius 1 is 1.00 bits per heavy atom. The van der Waals surface area contributed by atoms with Crippen molar-refractivity contribution in [3.63, 3.8) is 0 Å². The molecule has 3 aromatic rings. The average Bonchev–Trinajstić information content (AvgIpc) is 3.01. The summed E-state index contributed by atoms with van der Waals surface area (Å²) in [5, 5.41) is 9.26. The van der Waals surface area contributed by atoms with E-state index in [9.17, 15) is 9.90 Å². The summed E-state index contributed by atoms with van der Waals surface area (Å²) in [5.74, 6) is -0.636. The van der Waals surface area contributed by atoms with Crippen molar-refractivity contribution >= 4 is 5.97 Å². The van der Waals surface area contributed by atoms with Crippen molar-refractivity contribution in [2.24, 2.45) is 0 Å². The predicted octanol–water partition coefficient (Wildman–Crippen LogP) is 3.76. The Morgan fingerprint density at radius 3 is 2.30 bits per heavy atom. The van der Waals surface area contributed by atoms with E-state index in [1.807, 2.05) is 60.7 Å². The lowest BCUT2D eigenvalue weighted by atomic mass is 10.2. The molecule has 0 saturated heterocycles. The first-order valence-corrected chi connectivity index (χ1v) is 7.14. The molecule has 0 aliphatic carbocycles. The first-order chi connectivity index (χ1) is 11.2. The Balaban J connectivity index is 1.75. The molecule has 5 heteroatoms. The Bertz CT molecular complexity index is 781. The number of carboxylic acid groups (broad SMARTS) is 1. The van der Waals surface area contributed by atoms with Crippen molar-refractivity contribution < 1.29 is 19.1 Å². The van der Waals surface area contributed by atoms with Crippen molar-refractivity contribution in [1.29, 1.82) is 0 Å². The summed E-state index contributed by atoms with van der Waals surface area (Å²) in [6.07, 6.45) is 0. The molecule has 1 heterocycles. The predicted molar refractivity (Wildman–Crippen MR) is 83.8 cm³/mol. The molecule has 0 amide bonds. The van der Waals surface area contributed by atoms with Crippen molar-refractivity contribution in [2.45, 2.75) is 13.2 Å². The first-order valence-electron chi connectivity index (χ1n) is 7.14. The summed E-state index contributed by atoms with van der Waals surface area (Å²) in [4.78, 5) is 15.4. The van der Waals surface area contributed by atoms with Gasteiger partial charge in [-0.2, -0.15) is 0 Å². The standard InChI is InChI=1S/C18H15NO4/c20-18(21)16-15(12-22-11-13-7-3-1-4-8-13)23-17(19-16)14-9-5-2-6-10-14/h1-10H,11-12H2,(H,20,21). The summed E-state index contributed by atoms with van der Waals surface area (Å²) in [7, 11) is 0. The van der Waals surface area contributed by atoms with Gasteiger partial charge in [0.15, 0.2) is 11.5 Å². The van der Waals surface area contributed by atoms with Crippen LogP contribution in [0.2, 0.25) is 0 Å². The van der Waals surface area contributed by atoms with E-state index in [0.29, 0.717) is 6.61 Å². The van der Waals surface area contributed by atoms with Crippen LogP contribution in [0.4, 0.5) is 0 Å². The monoisotopic (exact) mass is 309 g/mol. The highest BCUT2D eigenvalue weighted by Gasteiger charge is 2.20. The summed E-state index contributed by atoms with van der Waals surface area (Å²) in [6.45, 7) is 0.428. The molecule has 0 aliphatic rings. The van der Waals surface area contributed by atoms with Gasteiger partial charge < -0.3 is 14.3 Å². The molecule has 0 unspecified atom stereocenters. The van der Waals surface area contributed by atoms with Crippen molar-refractivity contribution in [3.05, 3.63) is 77.7 Å². The summed E-state index contributed by atoms with van der Waals surface area (Å²) in [5.41, 5.74) is 1.62. The number of oxazole rings is 1. The van der Waals surface area contributed by atoms with E-state index < -0.39 is 5.97 Å². The lowest BCUT2D eigenvalue weighted by molar-refractivity contribution is 0.0666. The molecule has 0 spiro atoms. The number of carbonyl (C=O) groups is 1. The maximum absolute atomic E-state index is 11.3. The second-order valence-electron chi connectivity index (χ2n) is 4.94. The van der Waals surface area contributed by atoms with Crippen molar-refractivity contribution in [3.8, 4) is 11.5 Å². The number of aromatic nitrogens is 1. The quantitative estimate of drug-likeness (QED) is 0.750. The van der Waals surface area contributed by atoms with E-state index in [4.69, 9.17) is 9.15 Å². The summed E-state index contributed by atoms with van der Waals surface area (Å²) >= 11 is 0. The van der Waals surface area contributed by atoms with Crippen LogP contribution < -0.4 is 0 Å². The number of ether oxygens (including phenoxy) is 1. The largest absolute Gasteiger partial charge is 0.476 e. The number of aromatic carboxylic acids is 1. The summed E-state index contributed by atoms with van der Waals surface area (Å²) < 4.78 is 11.1. The topological polar surface area (TPSA) is 72.6 Å².